The van der Waals surface area contributed by atoms with E-state index in [1.54, 1.807) is 18.3 Å². The van der Waals surface area contributed by atoms with Crippen LogP contribution in [0.1, 0.15) is 30.5 Å². The van der Waals surface area contributed by atoms with Crippen LogP contribution in [0.3, 0.4) is 0 Å². The lowest BCUT2D eigenvalue weighted by molar-refractivity contribution is 0.540. The van der Waals surface area contributed by atoms with Crippen LogP contribution in [0.15, 0.2) is 41.1 Å². The summed E-state index contributed by atoms with van der Waals surface area (Å²) in [6.07, 6.45) is 3.59. The van der Waals surface area contributed by atoms with Crippen molar-refractivity contribution in [3.8, 4) is 0 Å². The normalized spacial score (nSPS) is 12.4. The molecule has 1 atom stereocenters. The predicted molar refractivity (Wildman–Crippen MR) is 78.4 cm³/mol. The summed E-state index contributed by atoms with van der Waals surface area (Å²) in [7, 11) is 0. The van der Waals surface area contributed by atoms with Gasteiger partial charge in [0, 0.05) is 16.2 Å². The van der Waals surface area contributed by atoms with Gasteiger partial charge in [0.15, 0.2) is 0 Å². The highest BCUT2D eigenvalue weighted by Gasteiger charge is 2.18. The molecular weight excluding hydrogens is 326 g/mol. The summed E-state index contributed by atoms with van der Waals surface area (Å²) in [6, 6.07) is 5.69. The second-order valence-corrected chi connectivity index (χ2v) is 5.41. The SMILES string of the molecule is CCCNC(c1cncc(F)c1)c1cc(Br)ccc1F. The van der Waals surface area contributed by atoms with Gasteiger partial charge in [-0.3, -0.25) is 4.98 Å². The smallest absolute Gasteiger partial charge is 0.141 e. The quantitative estimate of drug-likeness (QED) is 0.881. The summed E-state index contributed by atoms with van der Waals surface area (Å²) in [5.41, 5.74) is 1.08. The molecule has 5 heteroatoms. The summed E-state index contributed by atoms with van der Waals surface area (Å²) in [5, 5.41) is 3.23. The van der Waals surface area contributed by atoms with E-state index in [1.165, 1.54) is 12.1 Å². The summed E-state index contributed by atoms with van der Waals surface area (Å²) in [4.78, 5) is 3.84. The van der Waals surface area contributed by atoms with E-state index in [1.807, 2.05) is 6.92 Å². The maximum Gasteiger partial charge on any atom is 0.141 e. The first-order valence-corrected chi connectivity index (χ1v) is 7.20. The van der Waals surface area contributed by atoms with Gasteiger partial charge in [0.2, 0.25) is 0 Å². The topological polar surface area (TPSA) is 24.9 Å². The minimum absolute atomic E-state index is 0.328. The molecule has 2 aromatic rings. The Morgan fingerprint density at radius 3 is 2.75 bits per heavy atom. The summed E-state index contributed by atoms with van der Waals surface area (Å²) >= 11 is 3.34. The van der Waals surface area contributed by atoms with E-state index >= 15 is 0 Å². The Hall–Kier alpha value is -1.33. The van der Waals surface area contributed by atoms with Gasteiger partial charge in [-0.2, -0.15) is 0 Å². The van der Waals surface area contributed by atoms with E-state index < -0.39 is 11.9 Å². The Kier molecular flexibility index (Phi) is 5.20. The third-order valence-electron chi connectivity index (χ3n) is 2.93. The van der Waals surface area contributed by atoms with E-state index in [0.717, 1.165) is 17.1 Å². The predicted octanol–water partition coefficient (Wildman–Crippen LogP) is 4.21. The maximum atomic E-state index is 14.1. The first-order chi connectivity index (χ1) is 9.61. The first kappa shape index (κ1) is 15.1. The van der Waals surface area contributed by atoms with Crippen molar-refractivity contribution < 1.29 is 8.78 Å². The summed E-state index contributed by atoms with van der Waals surface area (Å²) in [5.74, 6) is -0.757. The Bertz CT molecular complexity index is 590. The molecule has 1 unspecified atom stereocenters. The number of hydrogen-bond acceptors (Lipinski definition) is 2. The largest absolute Gasteiger partial charge is 0.306 e. The summed E-state index contributed by atoms with van der Waals surface area (Å²) < 4.78 is 28.2. The van der Waals surface area contributed by atoms with Crippen LogP contribution in [0.5, 0.6) is 0 Å². The molecule has 0 saturated heterocycles. The van der Waals surface area contributed by atoms with E-state index in [9.17, 15) is 8.78 Å². The molecule has 106 valence electrons. The highest BCUT2D eigenvalue weighted by Crippen LogP contribution is 2.27. The third-order valence-corrected chi connectivity index (χ3v) is 3.42. The van der Waals surface area contributed by atoms with Crippen molar-refractivity contribution in [3.63, 3.8) is 0 Å². The number of nitrogens with one attached hydrogen (secondary N) is 1. The third kappa shape index (κ3) is 3.61. The second kappa shape index (κ2) is 6.90. The zero-order valence-electron chi connectivity index (χ0n) is 11.0. The van der Waals surface area contributed by atoms with Crippen LogP contribution >= 0.6 is 15.9 Å². The fourth-order valence-corrected chi connectivity index (χ4v) is 2.40. The number of pyridine rings is 1. The number of rotatable bonds is 5. The molecule has 0 aliphatic carbocycles. The van der Waals surface area contributed by atoms with Gasteiger partial charge >= 0.3 is 0 Å². The second-order valence-electron chi connectivity index (χ2n) is 4.49. The van der Waals surface area contributed by atoms with Crippen LogP contribution in [0, 0.1) is 11.6 Å². The van der Waals surface area contributed by atoms with Gasteiger partial charge in [-0.25, -0.2) is 8.78 Å². The molecule has 0 aliphatic rings. The Balaban J connectivity index is 2.44. The van der Waals surface area contributed by atoms with Crippen LogP contribution in [0.25, 0.3) is 0 Å². The van der Waals surface area contributed by atoms with Crippen LogP contribution in [-0.2, 0) is 0 Å². The lowest BCUT2D eigenvalue weighted by Gasteiger charge is -2.20. The van der Waals surface area contributed by atoms with Crippen molar-refractivity contribution in [1.82, 2.24) is 10.3 Å². The fraction of sp³-hybridized carbons (Fsp3) is 0.267. The minimum Gasteiger partial charge on any atom is -0.306 e. The Labute approximate surface area is 125 Å². The van der Waals surface area contributed by atoms with Crippen LogP contribution < -0.4 is 5.32 Å². The first-order valence-electron chi connectivity index (χ1n) is 6.40. The van der Waals surface area contributed by atoms with E-state index in [2.05, 4.69) is 26.2 Å². The van der Waals surface area contributed by atoms with Crippen molar-refractivity contribution >= 4 is 15.9 Å². The van der Waals surface area contributed by atoms with Crippen LogP contribution in [0.2, 0.25) is 0 Å². The zero-order valence-corrected chi connectivity index (χ0v) is 12.6. The van der Waals surface area contributed by atoms with Crippen LogP contribution in [-0.4, -0.2) is 11.5 Å². The van der Waals surface area contributed by atoms with Gasteiger partial charge in [0.05, 0.1) is 12.2 Å². The van der Waals surface area contributed by atoms with Crippen molar-refractivity contribution in [2.75, 3.05) is 6.54 Å². The Morgan fingerprint density at radius 2 is 2.05 bits per heavy atom. The molecule has 1 heterocycles. The molecular formula is C15H15BrF2N2. The molecule has 0 saturated carbocycles. The van der Waals surface area contributed by atoms with E-state index in [-0.39, 0.29) is 5.82 Å². The molecule has 2 nitrogen and oxygen atoms in total. The molecule has 0 bridgehead atoms. The van der Waals surface area contributed by atoms with Crippen molar-refractivity contribution in [2.24, 2.45) is 0 Å². The molecule has 1 N–H and O–H groups in total. The number of halogens is 3. The van der Waals surface area contributed by atoms with Gasteiger partial charge in [0.25, 0.3) is 0 Å². The maximum absolute atomic E-state index is 14.1. The number of benzene rings is 1. The van der Waals surface area contributed by atoms with Gasteiger partial charge in [0.1, 0.15) is 11.6 Å². The van der Waals surface area contributed by atoms with Crippen molar-refractivity contribution in [1.29, 1.82) is 0 Å². The lowest BCUT2D eigenvalue weighted by atomic mass is 9.99. The highest BCUT2D eigenvalue weighted by molar-refractivity contribution is 9.10. The van der Waals surface area contributed by atoms with E-state index in [0.29, 0.717) is 17.7 Å². The zero-order chi connectivity index (χ0) is 14.5. The van der Waals surface area contributed by atoms with Crippen molar-refractivity contribution in [3.05, 3.63) is 63.9 Å². The number of nitrogens with zero attached hydrogens (tertiary/aromatic N) is 1. The lowest BCUT2D eigenvalue weighted by Crippen LogP contribution is -2.24. The van der Waals surface area contributed by atoms with Gasteiger partial charge in [-0.05, 0) is 42.8 Å². The molecule has 1 aromatic heterocycles. The summed E-state index contributed by atoms with van der Waals surface area (Å²) in [6.45, 7) is 2.72. The molecule has 2 rings (SSSR count). The number of hydrogen-bond donors (Lipinski definition) is 1. The number of aromatic nitrogens is 1. The van der Waals surface area contributed by atoms with Crippen LogP contribution in [0.4, 0.5) is 8.78 Å². The van der Waals surface area contributed by atoms with Crippen molar-refractivity contribution in [2.45, 2.75) is 19.4 Å². The molecule has 0 aliphatic heterocycles. The molecule has 0 amide bonds. The average molecular weight is 341 g/mol. The molecule has 1 aromatic carbocycles. The molecule has 0 fully saturated rings. The Morgan fingerprint density at radius 1 is 1.25 bits per heavy atom. The molecule has 0 spiro atoms. The molecule has 0 radical (unpaired) electrons. The highest BCUT2D eigenvalue weighted by atomic mass is 79.9. The van der Waals surface area contributed by atoms with Gasteiger partial charge < -0.3 is 5.32 Å². The minimum atomic E-state index is -0.429. The van der Waals surface area contributed by atoms with Gasteiger partial charge in [-0.15, -0.1) is 0 Å². The van der Waals surface area contributed by atoms with Gasteiger partial charge in [-0.1, -0.05) is 22.9 Å². The van der Waals surface area contributed by atoms with E-state index in [4.69, 9.17) is 0 Å². The standard InChI is InChI=1S/C15H15BrF2N2/c1-2-5-20-15(10-6-12(17)9-19-8-10)13-7-11(16)3-4-14(13)18/h3-4,6-9,15,20H,2,5H2,1H3. The average Bonchev–Trinajstić information content (AvgIpc) is 2.43. The monoisotopic (exact) mass is 340 g/mol. The molecule has 20 heavy (non-hydrogen) atoms. The fourth-order valence-electron chi connectivity index (χ4n) is 2.02.